The average Bonchev–Trinajstić information content (AvgIpc) is 2.93. The second kappa shape index (κ2) is 11.0. The number of carbonyl (C=O) groups excluding carboxylic acids is 1. The summed E-state index contributed by atoms with van der Waals surface area (Å²) in [5.74, 6) is -0.598. The van der Waals surface area contributed by atoms with Gasteiger partial charge in [-0.05, 0) is 24.3 Å². The van der Waals surface area contributed by atoms with Crippen LogP contribution in [0, 0.1) is 0 Å². The third-order valence-corrected chi connectivity index (χ3v) is 6.66. The number of rotatable bonds is 6. The maximum Gasteiger partial charge on any atom is 0.451 e. The lowest BCUT2D eigenvalue weighted by molar-refractivity contribution is -0.145. The molecule has 1 aromatic carbocycles. The number of carbonyl (C=O) groups is 1. The van der Waals surface area contributed by atoms with Crippen molar-refractivity contribution in [2.75, 3.05) is 63.9 Å². The monoisotopic (exact) mass is 515 g/mol. The van der Waals surface area contributed by atoms with Gasteiger partial charge in [0.1, 0.15) is 5.82 Å². The van der Waals surface area contributed by atoms with E-state index in [0.29, 0.717) is 37.4 Å². The second-order valence-corrected chi connectivity index (χ2v) is 8.99. The van der Waals surface area contributed by atoms with Crippen LogP contribution in [0.25, 0.3) is 10.9 Å². The molecule has 2 aromatic heterocycles. The number of fused-ring (bicyclic) bond motifs is 1. The number of pyridine rings is 1. The third kappa shape index (κ3) is 5.81. The van der Waals surface area contributed by atoms with Crippen LogP contribution in [0.4, 0.5) is 19.0 Å². The Bertz CT molecular complexity index is 1230. The summed E-state index contributed by atoms with van der Waals surface area (Å²) in [5, 5.41) is 7.02. The summed E-state index contributed by atoms with van der Waals surface area (Å²) in [7, 11) is 0. The number of hydrogen-bond donors (Lipinski definition) is 2. The van der Waals surface area contributed by atoms with Crippen LogP contribution < -0.4 is 15.5 Å². The highest BCUT2D eigenvalue weighted by molar-refractivity contribution is 6.06. The van der Waals surface area contributed by atoms with E-state index in [1.807, 2.05) is 18.2 Å². The van der Waals surface area contributed by atoms with Crippen LogP contribution in [0.1, 0.15) is 27.8 Å². The van der Waals surface area contributed by atoms with Crippen LogP contribution in [0.3, 0.4) is 0 Å². The Balaban J connectivity index is 1.34. The number of halogens is 3. The van der Waals surface area contributed by atoms with Gasteiger partial charge in [-0.15, -0.1) is 0 Å². The summed E-state index contributed by atoms with van der Waals surface area (Å²) in [5.41, 5.74) is 1.71. The summed E-state index contributed by atoms with van der Waals surface area (Å²) in [6.45, 7) is 5.86. The van der Waals surface area contributed by atoms with Gasteiger partial charge in [0.05, 0.1) is 24.8 Å². The van der Waals surface area contributed by atoms with E-state index in [1.165, 1.54) is 12.4 Å². The molecule has 0 spiro atoms. The molecule has 9 nitrogen and oxygen atoms in total. The molecule has 0 aliphatic carbocycles. The van der Waals surface area contributed by atoms with Gasteiger partial charge >= 0.3 is 6.18 Å². The van der Waals surface area contributed by atoms with Crippen molar-refractivity contribution >= 4 is 22.6 Å². The van der Waals surface area contributed by atoms with Crippen LogP contribution in [-0.4, -0.2) is 84.8 Å². The SMILES string of the molecule is O=C(NCC(c1cnc(C(F)(F)F)nc1)N1CCOCC1)c1cccc2nc(N3CCNCC3)ccc12. The lowest BCUT2D eigenvalue weighted by Crippen LogP contribution is -2.44. The molecule has 1 unspecified atom stereocenters. The Kier molecular flexibility index (Phi) is 7.49. The third-order valence-electron chi connectivity index (χ3n) is 6.66. The normalized spacial score (nSPS) is 18.1. The zero-order valence-corrected chi connectivity index (χ0v) is 20.2. The highest BCUT2D eigenvalue weighted by Gasteiger charge is 2.35. The maximum absolute atomic E-state index is 13.3. The first-order chi connectivity index (χ1) is 17.9. The van der Waals surface area contributed by atoms with Crippen molar-refractivity contribution in [1.29, 1.82) is 0 Å². The van der Waals surface area contributed by atoms with E-state index in [0.717, 1.165) is 42.9 Å². The van der Waals surface area contributed by atoms with E-state index >= 15 is 0 Å². The summed E-state index contributed by atoms with van der Waals surface area (Å²) < 4.78 is 44.3. The van der Waals surface area contributed by atoms with Crippen molar-refractivity contribution < 1.29 is 22.7 Å². The highest BCUT2D eigenvalue weighted by Crippen LogP contribution is 2.27. The van der Waals surface area contributed by atoms with Gasteiger partial charge in [-0.2, -0.15) is 13.2 Å². The van der Waals surface area contributed by atoms with Crippen molar-refractivity contribution in [2.24, 2.45) is 0 Å². The minimum absolute atomic E-state index is 0.177. The predicted octanol–water partition coefficient (Wildman–Crippen LogP) is 2.26. The second-order valence-electron chi connectivity index (χ2n) is 8.99. The Morgan fingerprint density at radius 2 is 1.78 bits per heavy atom. The van der Waals surface area contributed by atoms with Crippen molar-refractivity contribution in [3.05, 3.63) is 59.7 Å². The number of anilines is 1. The van der Waals surface area contributed by atoms with Crippen LogP contribution >= 0.6 is 0 Å². The number of amides is 1. The maximum atomic E-state index is 13.3. The van der Waals surface area contributed by atoms with Crippen LogP contribution in [0.5, 0.6) is 0 Å². The molecule has 4 heterocycles. The molecule has 2 aliphatic heterocycles. The summed E-state index contributed by atoms with van der Waals surface area (Å²) in [6, 6.07) is 8.87. The van der Waals surface area contributed by atoms with E-state index in [1.54, 1.807) is 12.1 Å². The summed E-state index contributed by atoms with van der Waals surface area (Å²) in [6.07, 6.45) is -2.25. The number of nitrogens with zero attached hydrogens (tertiary/aromatic N) is 5. The van der Waals surface area contributed by atoms with E-state index in [9.17, 15) is 18.0 Å². The van der Waals surface area contributed by atoms with Crippen LogP contribution in [0.2, 0.25) is 0 Å². The molecule has 3 aromatic rings. The molecule has 0 saturated carbocycles. The molecule has 1 atom stereocenters. The molecule has 5 rings (SSSR count). The Morgan fingerprint density at radius 3 is 2.49 bits per heavy atom. The number of aromatic nitrogens is 3. The number of nitrogens with one attached hydrogen (secondary N) is 2. The smallest absolute Gasteiger partial charge is 0.379 e. The zero-order chi connectivity index (χ0) is 25.8. The average molecular weight is 516 g/mol. The molecule has 196 valence electrons. The van der Waals surface area contributed by atoms with E-state index in [4.69, 9.17) is 9.72 Å². The molecular weight excluding hydrogens is 487 g/mol. The van der Waals surface area contributed by atoms with Crippen molar-refractivity contribution in [2.45, 2.75) is 12.2 Å². The fourth-order valence-electron chi connectivity index (χ4n) is 4.70. The van der Waals surface area contributed by atoms with E-state index in [-0.39, 0.29) is 12.5 Å². The number of piperazine rings is 1. The molecule has 0 bridgehead atoms. The summed E-state index contributed by atoms with van der Waals surface area (Å²) >= 11 is 0. The van der Waals surface area contributed by atoms with Gasteiger partial charge in [0.15, 0.2) is 0 Å². The first kappa shape index (κ1) is 25.3. The van der Waals surface area contributed by atoms with E-state index in [2.05, 4.69) is 30.4 Å². The van der Waals surface area contributed by atoms with Gasteiger partial charge in [0.25, 0.3) is 5.91 Å². The van der Waals surface area contributed by atoms with Gasteiger partial charge < -0.3 is 20.3 Å². The first-order valence-electron chi connectivity index (χ1n) is 12.2. The number of ether oxygens (including phenoxy) is 1. The topological polar surface area (TPSA) is 95.5 Å². The minimum Gasteiger partial charge on any atom is -0.379 e. The van der Waals surface area contributed by atoms with Gasteiger partial charge in [-0.3, -0.25) is 9.69 Å². The van der Waals surface area contributed by atoms with Crippen LogP contribution in [-0.2, 0) is 10.9 Å². The molecule has 1 amide bonds. The zero-order valence-electron chi connectivity index (χ0n) is 20.2. The molecule has 12 heteroatoms. The number of benzene rings is 1. The van der Waals surface area contributed by atoms with Gasteiger partial charge in [0.2, 0.25) is 5.82 Å². The molecule has 37 heavy (non-hydrogen) atoms. The number of alkyl halides is 3. The molecule has 0 radical (unpaired) electrons. The minimum atomic E-state index is -4.62. The number of hydrogen-bond acceptors (Lipinski definition) is 8. The van der Waals surface area contributed by atoms with Gasteiger partial charge in [-0.25, -0.2) is 15.0 Å². The van der Waals surface area contributed by atoms with Crippen LogP contribution in [0.15, 0.2) is 42.7 Å². The fourth-order valence-corrected chi connectivity index (χ4v) is 4.70. The Hall–Kier alpha value is -3.35. The van der Waals surface area contributed by atoms with Crippen molar-refractivity contribution in [3.8, 4) is 0 Å². The quantitative estimate of drug-likeness (QED) is 0.516. The standard InChI is InChI=1S/C25H28F3N7O2/c26-25(27,28)24-31-14-17(15-32-24)21(34-10-12-37-13-11-34)16-30-23(36)19-2-1-3-20-18(19)4-5-22(33-20)35-8-6-29-7-9-35/h1-5,14-15,21,29H,6-13,16H2,(H,30,36). The Morgan fingerprint density at radius 1 is 1.05 bits per heavy atom. The lowest BCUT2D eigenvalue weighted by atomic mass is 10.1. The predicted molar refractivity (Wildman–Crippen MR) is 131 cm³/mol. The fraction of sp³-hybridized carbons (Fsp3) is 0.440. The van der Waals surface area contributed by atoms with E-state index < -0.39 is 18.0 Å². The molecular formula is C25H28F3N7O2. The van der Waals surface area contributed by atoms with Crippen molar-refractivity contribution in [3.63, 3.8) is 0 Å². The largest absolute Gasteiger partial charge is 0.451 e. The number of morpholine rings is 1. The Labute approximate surface area is 212 Å². The van der Waals surface area contributed by atoms with Gasteiger partial charge in [0, 0.05) is 74.7 Å². The molecule has 2 fully saturated rings. The van der Waals surface area contributed by atoms with Gasteiger partial charge in [-0.1, -0.05) is 6.07 Å². The molecule has 2 aliphatic rings. The molecule has 2 N–H and O–H groups in total. The lowest BCUT2D eigenvalue weighted by Gasteiger charge is -2.34. The van der Waals surface area contributed by atoms with Crippen molar-refractivity contribution in [1.82, 2.24) is 30.5 Å². The summed E-state index contributed by atoms with van der Waals surface area (Å²) in [4.78, 5) is 29.3. The first-order valence-corrected chi connectivity index (χ1v) is 12.2. The molecule has 2 saturated heterocycles. The highest BCUT2D eigenvalue weighted by atomic mass is 19.4.